The van der Waals surface area contributed by atoms with Crippen molar-refractivity contribution in [1.29, 1.82) is 0 Å². The van der Waals surface area contributed by atoms with Crippen molar-refractivity contribution in [3.05, 3.63) is 41.2 Å². The molecule has 0 aliphatic rings. The fraction of sp³-hybridized carbons (Fsp3) is 0.200. The van der Waals surface area contributed by atoms with Crippen LogP contribution in [0.25, 0.3) is 0 Å². The zero-order valence-corrected chi connectivity index (χ0v) is 9.04. The molecule has 0 aromatic carbocycles. The number of hydrogen-bond acceptors (Lipinski definition) is 3. The van der Waals surface area contributed by atoms with E-state index < -0.39 is 0 Å². The summed E-state index contributed by atoms with van der Waals surface area (Å²) in [4.78, 5) is 11.2. The quantitative estimate of drug-likeness (QED) is 0.839. The van der Waals surface area contributed by atoms with Gasteiger partial charge in [0.25, 0.3) is 0 Å². The third kappa shape index (κ3) is 2.47. The normalized spacial score (nSPS) is 10.3. The van der Waals surface area contributed by atoms with Gasteiger partial charge in [-0.15, -0.1) is 0 Å². The zero-order valence-electron chi connectivity index (χ0n) is 8.29. The first-order chi connectivity index (χ1) is 7.25. The van der Waals surface area contributed by atoms with Gasteiger partial charge >= 0.3 is 0 Å². The first kappa shape index (κ1) is 9.98. The molecule has 2 aromatic rings. The van der Waals surface area contributed by atoms with E-state index in [1.807, 2.05) is 6.92 Å². The number of pyridine rings is 1. The Morgan fingerprint density at radius 3 is 3.00 bits per heavy atom. The number of nitrogens with zero attached hydrogens (tertiary/aromatic N) is 2. The van der Waals surface area contributed by atoms with Gasteiger partial charge in [-0.3, -0.25) is 4.98 Å². The second kappa shape index (κ2) is 4.31. The highest BCUT2D eigenvalue weighted by Crippen LogP contribution is 2.19. The number of H-pyrrole nitrogens is 1. The minimum absolute atomic E-state index is 0.659. The highest BCUT2D eigenvalue weighted by molar-refractivity contribution is 6.33. The number of aryl methyl sites for hydroxylation is 1. The third-order valence-corrected chi connectivity index (χ3v) is 2.32. The van der Waals surface area contributed by atoms with Gasteiger partial charge in [-0.05, 0) is 13.0 Å². The highest BCUT2D eigenvalue weighted by Gasteiger charge is 2.00. The Morgan fingerprint density at radius 1 is 1.47 bits per heavy atom. The number of imidazole rings is 1. The Kier molecular flexibility index (Phi) is 2.87. The van der Waals surface area contributed by atoms with Gasteiger partial charge in [0.1, 0.15) is 5.82 Å². The van der Waals surface area contributed by atoms with Crippen LogP contribution in [0.3, 0.4) is 0 Å². The van der Waals surface area contributed by atoms with Gasteiger partial charge < -0.3 is 10.3 Å². The molecule has 0 aliphatic heterocycles. The van der Waals surface area contributed by atoms with Crippen molar-refractivity contribution in [1.82, 2.24) is 15.0 Å². The molecule has 4 nitrogen and oxygen atoms in total. The summed E-state index contributed by atoms with van der Waals surface area (Å²) in [5.41, 5.74) is 1.85. The fourth-order valence-corrected chi connectivity index (χ4v) is 1.43. The van der Waals surface area contributed by atoms with Crippen molar-refractivity contribution < 1.29 is 0 Å². The van der Waals surface area contributed by atoms with E-state index >= 15 is 0 Å². The van der Waals surface area contributed by atoms with Gasteiger partial charge in [0.05, 0.1) is 35.3 Å². The number of anilines is 1. The SMILES string of the molecule is Cc1ncc(CNc2cnccc2Cl)[nH]1. The summed E-state index contributed by atoms with van der Waals surface area (Å²) in [5.74, 6) is 0.907. The van der Waals surface area contributed by atoms with E-state index in [4.69, 9.17) is 11.6 Å². The number of nitrogens with one attached hydrogen (secondary N) is 2. The summed E-state index contributed by atoms with van der Waals surface area (Å²) in [6.45, 7) is 2.58. The van der Waals surface area contributed by atoms with E-state index in [-0.39, 0.29) is 0 Å². The standard InChI is InChI=1S/C10H11ClN4/c1-7-13-4-8(15-7)5-14-10-6-12-3-2-9(10)11/h2-4,6,14H,5H2,1H3,(H,13,15). The molecular weight excluding hydrogens is 212 g/mol. The van der Waals surface area contributed by atoms with Crippen LogP contribution in [0.4, 0.5) is 5.69 Å². The van der Waals surface area contributed by atoms with Crippen molar-refractivity contribution >= 4 is 17.3 Å². The zero-order chi connectivity index (χ0) is 10.7. The molecule has 0 aliphatic carbocycles. The van der Waals surface area contributed by atoms with Gasteiger partial charge in [-0.1, -0.05) is 11.6 Å². The molecule has 0 radical (unpaired) electrons. The first-order valence-electron chi connectivity index (χ1n) is 4.59. The average Bonchev–Trinajstić information content (AvgIpc) is 2.63. The monoisotopic (exact) mass is 222 g/mol. The van der Waals surface area contributed by atoms with Gasteiger partial charge in [-0.2, -0.15) is 0 Å². The Hall–Kier alpha value is -1.55. The molecule has 0 saturated heterocycles. The van der Waals surface area contributed by atoms with Crippen LogP contribution in [0.2, 0.25) is 5.02 Å². The minimum atomic E-state index is 0.659. The van der Waals surface area contributed by atoms with E-state index in [2.05, 4.69) is 20.3 Å². The Balaban J connectivity index is 2.02. The van der Waals surface area contributed by atoms with Crippen LogP contribution in [0.5, 0.6) is 0 Å². The van der Waals surface area contributed by atoms with E-state index in [1.54, 1.807) is 24.7 Å². The molecule has 0 unspecified atom stereocenters. The maximum Gasteiger partial charge on any atom is 0.103 e. The minimum Gasteiger partial charge on any atom is -0.377 e. The van der Waals surface area contributed by atoms with E-state index in [0.717, 1.165) is 17.2 Å². The van der Waals surface area contributed by atoms with Crippen LogP contribution in [0, 0.1) is 6.92 Å². The molecule has 15 heavy (non-hydrogen) atoms. The summed E-state index contributed by atoms with van der Waals surface area (Å²) in [6.07, 6.45) is 5.16. The number of aromatic amines is 1. The first-order valence-corrected chi connectivity index (χ1v) is 4.97. The molecule has 0 saturated carbocycles. The van der Waals surface area contributed by atoms with Crippen molar-refractivity contribution in [2.45, 2.75) is 13.5 Å². The molecule has 2 aromatic heterocycles. The molecule has 0 fully saturated rings. The Labute approximate surface area is 92.7 Å². The Morgan fingerprint density at radius 2 is 2.33 bits per heavy atom. The van der Waals surface area contributed by atoms with Gasteiger partial charge in [0.15, 0.2) is 0 Å². The largest absolute Gasteiger partial charge is 0.377 e. The topological polar surface area (TPSA) is 53.6 Å². The van der Waals surface area contributed by atoms with Crippen LogP contribution in [-0.4, -0.2) is 15.0 Å². The molecule has 5 heteroatoms. The third-order valence-electron chi connectivity index (χ3n) is 1.99. The van der Waals surface area contributed by atoms with E-state index in [9.17, 15) is 0 Å². The fourth-order valence-electron chi connectivity index (χ4n) is 1.26. The van der Waals surface area contributed by atoms with Gasteiger partial charge in [0.2, 0.25) is 0 Å². The molecule has 2 heterocycles. The summed E-state index contributed by atoms with van der Waals surface area (Å²) >= 11 is 5.97. The molecule has 2 N–H and O–H groups in total. The van der Waals surface area contributed by atoms with Crippen LogP contribution in [-0.2, 0) is 6.54 Å². The molecule has 0 spiro atoms. The van der Waals surface area contributed by atoms with Gasteiger partial charge in [-0.25, -0.2) is 4.98 Å². The van der Waals surface area contributed by atoms with Crippen molar-refractivity contribution in [3.8, 4) is 0 Å². The average molecular weight is 223 g/mol. The summed E-state index contributed by atoms with van der Waals surface area (Å²) in [5, 5.41) is 3.84. The number of hydrogen-bond donors (Lipinski definition) is 2. The predicted molar refractivity (Wildman–Crippen MR) is 59.9 cm³/mol. The van der Waals surface area contributed by atoms with E-state index in [0.29, 0.717) is 11.6 Å². The summed E-state index contributed by atoms with van der Waals surface area (Å²) < 4.78 is 0. The van der Waals surface area contributed by atoms with Crippen LogP contribution in [0.1, 0.15) is 11.5 Å². The van der Waals surface area contributed by atoms with Gasteiger partial charge in [0, 0.05) is 6.20 Å². The lowest BCUT2D eigenvalue weighted by Crippen LogP contribution is -2.00. The smallest absolute Gasteiger partial charge is 0.103 e. The van der Waals surface area contributed by atoms with Crippen molar-refractivity contribution in [2.75, 3.05) is 5.32 Å². The Bertz CT molecular complexity index is 452. The van der Waals surface area contributed by atoms with E-state index in [1.165, 1.54) is 0 Å². The second-order valence-electron chi connectivity index (χ2n) is 3.20. The molecule has 2 rings (SSSR count). The second-order valence-corrected chi connectivity index (χ2v) is 3.61. The van der Waals surface area contributed by atoms with Crippen molar-refractivity contribution in [2.24, 2.45) is 0 Å². The van der Waals surface area contributed by atoms with Crippen LogP contribution >= 0.6 is 11.6 Å². The highest BCUT2D eigenvalue weighted by atomic mass is 35.5. The van der Waals surface area contributed by atoms with Crippen LogP contribution < -0.4 is 5.32 Å². The number of rotatable bonds is 3. The maximum absolute atomic E-state index is 5.97. The molecule has 0 amide bonds. The number of halogens is 1. The molecule has 78 valence electrons. The molecule has 0 bridgehead atoms. The maximum atomic E-state index is 5.97. The molecular formula is C10H11ClN4. The predicted octanol–water partition coefficient (Wildman–Crippen LogP) is 2.38. The lowest BCUT2D eigenvalue weighted by atomic mass is 10.4. The summed E-state index contributed by atoms with van der Waals surface area (Å²) in [6, 6.07) is 1.75. The van der Waals surface area contributed by atoms with Crippen LogP contribution in [0.15, 0.2) is 24.7 Å². The summed E-state index contributed by atoms with van der Waals surface area (Å²) in [7, 11) is 0. The lowest BCUT2D eigenvalue weighted by Gasteiger charge is -2.05. The van der Waals surface area contributed by atoms with Crippen molar-refractivity contribution in [3.63, 3.8) is 0 Å². The number of aromatic nitrogens is 3. The lowest BCUT2D eigenvalue weighted by molar-refractivity contribution is 1.04. The molecule has 0 atom stereocenters.